The molecule has 1 aromatic carbocycles. The van der Waals surface area contributed by atoms with Crippen LogP contribution in [0.3, 0.4) is 0 Å². The molecule has 0 aromatic heterocycles. The molecule has 0 N–H and O–H groups in total. The standard InChI is InChI=1S/C22H34O6/c1-21(2,19(23)25-5)12-8-14-27-17-10-7-11-18(16-17)28-15-9-13-22(3,4)20(24)26-6/h7,10-11,16H,8-9,12-15H2,1-6H3. The minimum absolute atomic E-state index is 0.210. The third kappa shape index (κ3) is 7.79. The van der Waals surface area contributed by atoms with Crippen LogP contribution >= 0.6 is 0 Å². The summed E-state index contributed by atoms with van der Waals surface area (Å²) in [5, 5.41) is 0. The zero-order chi connectivity index (χ0) is 21.2. The number of carbonyl (C=O) groups excluding carboxylic acids is 2. The fourth-order valence-electron chi connectivity index (χ4n) is 2.82. The molecule has 0 spiro atoms. The second kappa shape index (κ2) is 10.9. The van der Waals surface area contributed by atoms with E-state index in [0.717, 1.165) is 24.3 Å². The lowest BCUT2D eigenvalue weighted by atomic mass is 9.88. The van der Waals surface area contributed by atoms with Gasteiger partial charge < -0.3 is 18.9 Å². The first kappa shape index (κ1) is 23.8. The van der Waals surface area contributed by atoms with E-state index in [4.69, 9.17) is 18.9 Å². The van der Waals surface area contributed by atoms with Gasteiger partial charge in [0.2, 0.25) is 0 Å². The maximum atomic E-state index is 11.7. The van der Waals surface area contributed by atoms with Crippen LogP contribution in [0.1, 0.15) is 53.4 Å². The van der Waals surface area contributed by atoms with Crippen LogP contribution in [0.15, 0.2) is 24.3 Å². The molecule has 0 saturated heterocycles. The van der Waals surface area contributed by atoms with Gasteiger partial charge in [-0.3, -0.25) is 9.59 Å². The van der Waals surface area contributed by atoms with E-state index in [2.05, 4.69) is 0 Å². The summed E-state index contributed by atoms with van der Waals surface area (Å²) in [6.45, 7) is 8.50. The third-order valence-corrected chi connectivity index (χ3v) is 4.71. The molecule has 0 amide bonds. The Morgan fingerprint density at radius 3 is 1.54 bits per heavy atom. The van der Waals surface area contributed by atoms with E-state index in [-0.39, 0.29) is 11.9 Å². The fraction of sp³-hybridized carbons (Fsp3) is 0.636. The number of hydrogen-bond acceptors (Lipinski definition) is 6. The molecule has 0 heterocycles. The number of rotatable bonds is 12. The Hall–Kier alpha value is -2.24. The Morgan fingerprint density at radius 1 is 0.786 bits per heavy atom. The van der Waals surface area contributed by atoms with Crippen LogP contribution < -0.4 is 9.47 Å². The maximum absolute atomic E-state index is 11.7. The van der Waals surface area contributed by atoms with Crippen LogP contribution in [0.2, 0.25) is 0 Å². The maximum Gasteiger partial charge on any atom is 0.311 e. The molecule has 28 heavy (non-hydrogen) atoms. The van der Waals surface area contributed by atoms with E-state index in [1.165, 1.54) is 14.2 Å². The summed E-state index contributed by atoms with van der Waals surface area (Å²) in [5.74, 6) is 1.03. The summed E-state index contributed by atoms with van der Waals surface area (Å²) < 4.78 is 21.2. The van der Waals surface area contributed by atoms with Crippen molar-refractivity contribution in [3.8, 4) is 11.5 Å². The van der Waals surface area contributed by atoms with Gasteiger partial charge in [0.15, 0.2) is 0 Å². The van der Waals surface area contributed by atoms with Gasteiger partial charge in [-0.15, -0.1) is 0 Å². The van der Waals surface area contributed by atoms with Crippen molar-refractivity contribution in [3.63, 3.8) is 0 Å². The quantitative estimate of drug-likeness (QED) is 0.386. The Kier molecular flexibility index (Phi) is 9.29. The molecule has 0 fully saturated rings. The van der Waals surface area contributed by atoms with Crippen LogP contribution in [-0.4, -0.2) is 39.4 Å². The van der Waals surface area contributed by atoms with Crippen LogP contribution in [0.25, 0.3) is 0 Å². The predicted molar refractivity (Wildman–Crippen MR) is 107 cm³/mol. The number of ether oxygens (including phenoxy) is 4. The highest BCUT2D eigenvalue weighted by molar-refractivity contribution is 5.76. The van der Waals surface area contributed by atoms with Crippen molar-refractivity contribution in [3.05, 3.63) is 24.3 Å². The van der Waals surface area contributed by atoms with Crippen molar-refractivity contribution >= 4 is 11.9 Å². The zero-order valence-corrected chi connectivity index (χ0v) is 18.0. The van der Waals surface area contributed by atoms with Crippen molar-refractivity contribution in [2.24, 2.45) is 10.8 Å². The van der Waals surface area contributed by atoms with E-state index in [0.29, 0.717) is 26.1 Å². The van der Waals surface area contributed by atoms with Crippen LogP contribution in [0, 0.1) is 10.8 Å². The highest BCUT2D eigenvalue weighted by atomic mass is 16.5. The SMILES string of the molecule is COC(=O)C(C)(C)CCCOc1cccc(OCCCC(C)(C)C(=O)OC)c1. The Bertz CT molecular complexity index is 584. The molecule has 0 aliphatic rings. The van der Waals surface area contributed by atoms with Gasteiger partial charge in [-0.2, -0.15) is 0 Å². The van der Waals surface area contributed by atoms with E-state index < -0.39 is 10.8 Å². The molecule has 1 rings (SSSR count). The molecule has 0 aliphatic heterocycles. The smallest absolute Gasteiger partial charge is 0.311 e. The Labute approximate surface area is 168 Å². The first-order valence-electron chi connectivity index (χ1n) is 9.65. The lowest BCUT2D eigenvalue weighted by Gasteiger charge is -2.21. The predicted octanol–water partition coefficient (Wildman–Crippen LogP) is 4.40. The number of esters is 2. The van der Waals surface area contributed by atoms with E-state index >= 15 is 0 Å². The molecule has 6 nitrogen and oxygen atoms in total. The third-order valence-electron chi connectivity index (χ3n) is 4.71. The molecule has 6 heteroatoms. The molecule has 0 bridgehead atoms. The molecule has 0 radical (unpaired) electrons. The van der Waals surface area contributed by atoms with Crippen molar-refractivity contribution in [2.45, 2.75) is 53.4 Å². The summed E-state index contributed by atoms with van der Waals surface area (Å²) in [7, 11) is 2.81. The lowest BCUT2D eigenvalue weighted by molar-refractivity contribution is -0.152. The highest BCUT2D eigenvalue weighted by Crippen LogP contribution is 2.26. The summed E-state index contributed by atoms with van der Waals surface area (Å²) in [6, 6.07) is 7.47. The molecule has 0 aliphatic carbocycles. The summed E-state index contributed by atoms with van der Waals surface area (Å²) in [4.78, 5) is 23.4. The zero-order valence-electron chi connectivity index (χ0n) is 18.0. The lowest BCUT2D eigenvalue weighted by Crippen LogP contribution is -2.26. The van der Waals surface area contributed by atoms with E-state index in [1.54, 1.807) is 0 Å². The van der Waals surface area contributed by atoms with Gasteiger partial charge in [0.25, 0.3) is 0 Å². The van der Waals surface area contributed by atoms with Gasteiger partial charge in [0.1, 0.15) is 11.5 Å². The largest absolute Gasteiger partial charge is 0.493 e. The van der Waals surface area contributed by atoms with E-state index in [1.807, 2.05) is 52.0 Å². The minimum atomic E-state index is -0.513. The second-order valence-electron chi connectivity index (χ2n) is 8.13. The molecule has 1 aromatic rings. The van der Waals surface area contributed by atoms with Crippen LogP contribution in [0.4, 0.5) is 0 Å². The molecule has 0 unspecified atom stereocenters. The number of benzene rings is 1. The Morgan fingerprint density at radius 2 is 1.18 bits per heavy atom. The monoisotopic (exact) mass is 394 g/mol. The minimum Gasteiger partial charge on any atom is -0.493 e. The molecule has 0 atom stereocenters. The second-order valence-corrected chi connectivity index (χ2v) is 8.13. The first-order chi connectivity index (χ1) is 13.1. The summed E-state index contributed by atoms with van der Waals surface area (Å²) in [5.41, 5.74) is -1.03. The number of methoxy groups -OCH3 is 2. The average molecular weight is 395 g/mol. The molecular formula is C22H34O6. The topological polar surface area (TPSA) is 71.1 Å². The summed E-state index contributed by atoms with van der Waals surface area (Å²) in [6.07, 6.45) is 2.86. The van der Waals surface area contributed by atoms with Crippen molar-refractivity contribution < 1.29 is 28.5 Å². The van der Waals surface area contributed by atoms with Gasteiger partial charge >= 0.3 is 11.9 Å². The molecule has 0 saturated carbocycles. The number of carbonyl (C=O) groups is 2. The van der Waals surface area contributed by atoms with Crippen molar-refractivity contribution in [1.29, 1.82) is 0 Å². The Balaban J connectivity index is 2.38. The molecule has 158 valence electrons. The average Bonchev–Trinajstić information content (AvgIpc) is 2.67. The van der Waals surface area contributed by atoms with Crippen LogP contribution in [-0.2, 0) is 19.1 Å². The molecular weight excluding hydrogens is 360 g/mol. The fourth-order valence-corrected chi connectivity index (χ4v) is 2.82. The van der Waals surface area contributed by atoms with Gasteiger partial charge in [-0.1, -0.05) is 6.07 Å². The summed E-state index contributed by atoms with van der Waals surface area (Å²) >= 11 is 0. The van der Waals surface area contributed by atoms with Crippen molar-refractivity contribution in [1.82, 2.24) is 0 Å². The van der Waals surface area contributed by atoms with Gasteiger partial charge in [-0.05, 0) is 65.5 Å². The van der Waals surface area contributed by atoms with Crippen LogP contribution in [0.5, 0.6) is 11.5 Å². The highest BCUT2D eigenvalue weighted by Gasteiger charge is 2.28. The van der Waals surface area contributed by atoms with Gasteiger partial charge in [-0.25, -0.2) is 0 Å². The van der Waals surface area contributed by atoms with Gasteiger partial charge in [0.05, 0.1) is 38.3 Å². The first-order valence-corrected chi connectivity index (χ1v) is 9.65. The van der Waals surface area contributed by atoms with E-state index in [9.17, 15) is 9.59 Å². The normalized spacial score (nSPS) is 11.6. The van der Waals surface area contributed by atoms with Gasteiger partial charge in [0, 0.05) is 6.07 Å². The number of hydrogen-bond donors (Lipinski definition) is 0. The van der Waals surface area contributed by atoms with Crippen molar-refractivity contribution in [2.75, 3.05) is 27.4 Å².